The molecule has 0 heterocycles. The molecule has 0 radical (unpaired) electrons. The van der Waals surface area contributed by atoms with E-state index in [1.807, 2.05) is 30.3 Å². The fourth-order valence-electron chi connectivity index (χ4n) is 2.86. The highest BCUT2D eigenvalue weighted by molar-refractivity contribution is 7.91. The van der Waals surface area contributed by atoms with Gasteiger partial charge in [0.05, 0.1) is 12.0 Å². The SMILES string of the molecule is COc1ccccc1S(=O)(=O)c1ccc(CCNCc2ccccc2)cc1. The lowest BCUT2D eigenvalue weighted by Gasteiger charge is -2.10. The first kappa shape index (κ1) is 19.1. The molecule has 0 unspecified atom stereocenters. The van der Waals surface area contributed by atoms with Crippen LogP contribution in [0.4, 0.5) is 0 Å². The Morgan fingerprint density at radius 3 is 2.19 bits per heavy atom. The summed E-state index contributed by atoms with van der Waals surface area (Å²) in [7, 11) is -2.13. The number of para-hydroxylation sites is 1. The van der Waals surface area contributed by atoms with Crippen molar-refractivity contribution >= 4 is 9.84 Å². The Hall–Kier alpha value is -2.63. The maximum Gasteiger partial charge on any atom is 0.210 e. The normalized spacial score (nSPS) is 11.3. The summed E-state index contributed by atoms with van der Waals surface area (Å²) in [5, 5.41) is 3.40. The number of nitrogens with one attached hydrogen (secondary N) is 1. The fourth-order valence-corrected chi connectivity index (χ4v) is 4.29. The van der Waals surface area contributed by atoms with E-state index in [1.165, 1.54) is 12.7 Å². The van der Waals surface area contributed by atoms with E-state index >= 15 is 0 Å². The zero-order chi connectivity index (χ0) is 19.1. The Kier molecular flexibility index (Phi) is 6.27. The van der Waals surface area contributed by atoms with Crippen molar-refractivity contribution in [3.63, 3.8) is 0 Å². The number of hydrogen-bond acceptors (Lipinski definition) is 4. The van der Waals surface area contributed by atoms with Crippen LogP contribution in [0.5, 0.6) is 5.75 Å². The van der Waals surface area contributed by atoms with Crippen molar-refractivity contribution < 1.29 is 13.2 Å². The fraction of sp³-hybridized carbons (Fsp3) is 0.182. The number of ether oxygens (including phenoxy) is 1. The van der Waals surface area contributed by atoms with E-state index in [9.17, 15) is 8.42 Å². The lowest BCUT2D eigenvalue weighted by atomic mass is 10.1. The number of methoxy groups -OCH3 is 1. The molecule has 3 aromatic rings. The number of rotatable bonds is 8. The van der Waals surface area contributed by atoms with E-state index in [0.717, 1.165) is 25.1 Å². The first-order valence-electron chi connectivity index (χ1n) is 8.83. The minimum absolute atomic E-state index is 0.185. The second-order valence-electron chi connectivity index (χ2n) is 6.21. The van der Waals surface area contributed by atoms with Crippen LogP contribution in [-0.4, -0.2) is 22.1 Å². The second kappa shape index (κ2) is 8.84. The quantitative estimate of drug-likeness (QED) is 0.602. The van der Waals surface area contributed by atoms with Gasteiger partial charge in [0.1, 0.15) is 10.6 Å². The van der Waals surface area contributed by atoms with Crippen molar-refractivity contribution in [2.45, 2.75) is 22.8 Å². The van der Waals surface area contributed by atoms with Crippen LogP contribution in [-0.2, 0) is 22.8 Å². The van der Waals surface area contributed by atoms with Gasteiger partial charge in [0.2, 0.25) is 9.84 Å². The molecule has 3 aromatic carbocycles. The van der Waals surface area contributed by atoms with Gasteiger partial charge in [0, 0.05) is 6.54 Å². The molecule has 0 bridgehead atoms. The Labute approximate surface area is 160 Å². The molecule has 0 saturated carbocycles. The molecule has 27 heavy (non-hydrogen) atoms. The minimum Gasteiger partial charge on any atom is -0.495 e. The first-order chi connectivity index (χ1) is 13.1. The van der Waals surface area contributed by atoms with Crippen LogP contribution >= 0.6 is 0 Å². The summed E-state index contributed by atoms with van der Waals surface area (Å²) in [6, 6.07) is 24.0. The Morgan fingerprint density at radius 1 is 0.815 bits per heavy atom. The van der Waals surface area contributed by atoms with E-state index in [2.05, 4.69) is 17.4 Å². The average Bonchev–Trinajstić information content (AvgIpc) is 2.72. The molecule has 0 aliphatic carbocycles. The summed E-state index contributed by atoms with van der Waals surface area (Å²) in [6.45, 7) is 1.65. The summed E-state index contributed by atoms with van der Waals surface area (Å²) >= 11 is 0. The van der Waals surface area contributed by atoms with Crippen LogP contribution in [0.3, 0.4) is 0 Å². The molecule has 1 N–H and O–H groups in total. The summed E-state index contributed by atoms with van der Waals surface area (Å²) < 4.78 is 30.9. The molecule has 4 nitrogen and oxygen atoms in total. The van der Waals surface area contributed by atoms with Gasteiger partial charge in [-0.25, -0.2) is 8.42 Å². The van der Waals surface area contributed by atoms with E-state index in [0.29, 0.717) is 5.75 Å². The van der Waals surface area contributed by atoms with Crippen molar-refractivity contribution in [3.05, 3.63) is 90.0 Å². The van der Waals surface area contributed by atoms with Crippen molar-refractivity contribution in [2.24, 2.45) is 0 Å². The third kappa shape index (κ3) is 4.76. The van der Waals surface area contributed by atoms with Gasteiger partial charge in [-0.1, -0.05) is 54.6 Å². The smallest absolute Gasteiger partial charge is 0.210 e. The summed E-state index contributed by atoms with van der Waals surface area (Å²) in [5.41, 5.74) is 2.34. The molecule has 3 rings (SSSR count). The van der Waals surface area contributed by atoms with Crippen LogP contribution in [0.15, 0.2) is 88.7 Å². The van der Waals surface area contributed by atoms with Gasteiger partial charge in [-0.15, -0.1) is 0 Å². The van der Waals surface area contributed by atoms with Gasteiger partial charge in [0.25, 0.3) is 0 Å². The van der Waals surface area contributed by atoms with Crippen LogP contribution in [0.25, 0.3) is 0 Å². The standard InChI is InChI=1S/C22H23NO3S/c1-26-21-9-5-6-10-22(21)27(24,25)20-13-11-18(12-14-20)15-16-23-17-19-7-3-2-4-8-19/h2-14,23H,15-17H2,1H3. The third-order valence-electron chi connectivity index (χ3n) is 4.35. The highest BCUT2D eigenvalue weighted by Gasteiger charge is 2.21. The molecule has 0 fully saturated rings. The largest absolute Gasteiger partial charge is 0.495 e. The predicted octanol–water partition coefficient (Wildman–Crippen LogP) is 3.86. The molecule has 0 amide bonds. The van der Waals surface area contributed by atoms with Crippen molar-refractivity contribution in [2.75, 3.05) is 13.7 Å². The second-order valence-corrected chi connectivity index (χ2v) is 8.13. The summed E-state index contributed by atoms with van der Waals surface area (Å²) in [5.74, 6) is 0.353. The number of benzene rings is 3. The summed E-state index contributed by atoms with van der Waals surface area (Å²) in [4.78, 5) is 0.456. The number of hydrogen-bond donors (Lipinski definition) is 1. The lowest BCUT2D eigenvalue weighted by molar-refractivity contribution is 0.402. The van der Waals surface area contributed by atoms with E-state index in [1.54, 1.807) is 36.4 Å². The minimum atomic E-state index is -3.60. The van der Waals surface area contributed by atoms with Crippen LogP contribution in [0.1, 0.15) is 11.1 Å². The van der Waals surface area contributed by atoms with Crippen molar-refractivity contribution in [1.29, 1.82) is 0 Å². The lowest BCUT2D eigenvalue weighted by Crippen LogP contribution is -2.16. The third-order valence-corrected chi connectivity index (χ3v) is 6.16. The molecule has 0 saturated heterocycles. The molecule has 0 aromatic heterocycles. The van der Waals surface area contributed by atoms with Crippen LogP contribution < -0.4 is 10.1 Å². The van der Waals surface area contributed by atoms with Gasteiger partial charge >= 0.3 is 0 Å². The highest BCUT2D eigenvalue weighted by atomic mass is 32.2. The zero-order valence-electron chi connectivity index (χ0n) is 15.3. The van der Waals surface area contributed by atoms with Crippen LogP contribution in [0.2, 0.25) is 0 Å². The van der Waals surface area contributed by atoms with Crippen LogP contribution in [0, 0.1) is 0 Å². The molecule has 0 aliphatic rings. The first-order valence-corrected chi connectivity index (χ1v) is 10.3. The number of sulfone groups is 1. The molecule has 0 spiro atoms. The maximum absolute atomic E-state index is 12.8. The highest BCUT2D eigenvalue weighted by Crippen LogP contribution is 2.29. The zero-order valence-corrected chi connectivity index (χ0v) is 16.1. The van der Waals surface area contributed by atoms with Gasteiger partial charge in [-0.2, -0.15) is 0 Å². The molecule has 0 atom stereocenters. The molecule has 140 valence electrons. The molecule has 5 heteroatoms. The predicted molar refractivity (Wildman–Crippen MR) is 107 cm³/mol. The van der Waals surface area contributed by atoms with E-state index in [-0.39, 0.29) is 9.79 Å². The van der Waals surface area contributed by atoms with Crippen molar-refractivity contribution in [1.82, 2.24) is 5.32 Å². The van der Waals surface area contributed by atoms with Crippen molar-refractivity contribution in [3.8, 4) is 5.75 Å². The Balaban J connectivity index is 1.63. The maximum atomic E-state index is 12.8. The monoisotopic (exact) mass is 381 g/mol. The van der Waals surface area contributed by atoms with E-state index < -0.39 is 9.84 Å². The van der Waals surface area contributed by atoms with Gasteiger partial charge in [-0.05, 0) is 48.4 Å². The van der Waals surface area contributed by atoms with Gasteiger partial charge in [-0.3, -0.25) is 0 Å². The van der Waals surface area contributed by atoms with Gasteiger partial charge < -0.3 is 10.1 Å². The molecular formula is C22H23NO3S. The molecular weight excluding hydrogens is 358 g/mol. The van der Waals surface area contributed by atoms with Gasteiger partial charge in [0.15, 0.2) is 0 Å². The van der Waals surface area contributed by atoms with E-state index in [4.69, 9.17) is 4.74 Å². The summed E-state index contributed by atoms with van der Waals surface area (Å²) in [6.07, 6.45) is 0.835. The topological polar surface area (TPSA) is 55.4 Å². The Bertz CT molecular complexity index is 968. The average molecular weight is 381 g/mol. The Morgan fingerprint density at radius 2 is 1.48 bits per heavy atom. The molecule has 0 aliphatic heterocycles.